The summed E-state index contributed by atoms with van der Waals surface area (Å²) in [6.07, 6.45) is -1.85. The zero-order valence-corrected chi connectivity index (χ0v) is 21.7. The molecule has 0 unspecified atom stereocenters. The number of nitrogens with one attached hydrogen (secondary N) is 2. The van der Waals surface area contributed by atoms with Crippen molar-refractivity contribution in [2.24, 2.45) is 0 Å². The van der Waals surface area contributed by atoms with E-state index in [9.17, 15) is 22.8 Å². The number of furan rings is 1. The standard InChI is InChI=1S/C27H24F3N7O3/c1-4-36-14-21(24(35-36)26(39)31-13-18-6-5-9-40-18)33-25(38)20-12-23-32-19(17-8-7-15(2)16(3)10-17)11-22(27(28,29)30)37(23)34-20/h5-12,14H,4,13H2,1-3H3,(H,31,39)(H,33,38). The Kier molecular flexibility index (Phi) is 6.88. The van der Waals surface area contributed by atoms with Gasteiger partial charge in [0.05, 0.1) is 24.2 Å². The maximum Gasteiger partial charge on any atom is 0.433 e. The zero-order chi connectivity index (χ0) is 28.6. The Morgan fingerprint density at radius 1 is 1.02 bits per heavy atom. The maximum absolute atomic E-state index is 14.0. The predicted molar refractivity (Wildman–Crippen MR) is 139 cm³/mol. The molecule has 5 rings (SSSR count). The van der Waals surface area contributed by atoms with E-state index in [1.54, 1.807) is 37.3 Å². The second-order valence-electron chi connectivity index (χ2n) is 9.09. The molecule has 1 aromatic carbocycles. The molecule has 0 fully saturated rings. The third-order valence-electron chi connectivity index (χ3n) is 6.31. The first kappa shape index (κ1) is 26.7. The highest BCUT2D eigenvalue weighted by Crippen LogP contribution is 2.33. The molecular weight excluding hydrogens is 527 g/mol. The smallest absolute Gasteiger partial charge is 0.433 e. The number of hydrogen-bond acceptors (Lipinski definition) is 6. The van der Waals surface area contributed by atoms with Crippen LogP contribution in [0.25, 0.3) is 16.9 Å². The van der Waals surface area contributed by atoms with E-state index in [0.29, 0.717) is 22.4 Å². The van der Waals surface area contributed by atoms with Crippen LogP contribution in [-0.2, 0) is 19.3 Å². The second kappa shape index (κ2) is 10.3. The first-order valence-electron chi connectivity index (χ1n) is 12.3. The predicted octanol–water partition coefficient (Wildman–Crippen LogP) is 5.02. The zero-order valence-electron chi connectivity index (χ0n) is 21.7. The van der Waals surface area contributed by atoms with E-state index in [-0.39, 0.29) is 35.0 Å². The Morgan fingerprint density at radius 2 is 1.82 bits per heavy atom. The molecule has 0 saturated heterocycles. The van der Waals surface area contributed by atoms with Crippen LogP contribution in [0.2, 0.25) is 0 Å². The summed E-state index contributed by atoms with van der Waals surface area (Å²) in [5, 5.41) is 13.3. The molecule has 0 aliphatic heterocycles. The first-order chi connectivity index (χ1) is 19.0. The van der Waals surface area contributed by atoms with Gasteiger partial charge in [-0.1, -0.05) is 12.1 Å². The van der Waals surface area contributed by atoms with Gasteiger partial charge in [-0.05, 0) is 56.2 Å². The van der Waals surface area contributed by atoms with Crippen LogP contribution in [-0.4, -0.2) is 36.2 Å². The van der Waals surface area contributed by atoms with E-state index < -0.39 is 23.7 Å². The summed E-state index contributed by atoms with van der Waals surface area (Å²) in [5.41, 5.74) is 0.923. The van der Waals surface area contributed by atoms with E-state index in [2.05, 4.69) is 25.8 Å². The van der Waals surface area contributed by atoms with Gasteiger partial charge in [0.1, 0.15) is 5.76 Å². The van der Waals surface area contributed by atoms with Crippen molar-refractivity contribution >= 4 is 23.1 Å². The van der Waals surface area contributed by atoms with Gasteiger partial charge in [-0.25, -0.2) is 9.50 Å². The van der Waals surface area contributed by atoms with Gasteiger partial charge in [0.15, 0.2) is 22.7 Å². The number of carbonyl (C=O) groups is 2. The summed E-state index contributed by atoms with van der Waals surface area (Å²) in [4.78, 5) is 30.2. The Bertz CT molecular complexity index is 1720. The van der Waals surface area contributed by atoms with Crippen LogP contribution in [0.1, 0.15) is 50.5 Å². The van der Waals surface area contributed by atoms with E-state index in [1.807, 2.05) is 13.8 Å². The highest BCUT2D eigenvalue weighted by Gasteiger charge is 2.36. The lowest BCUT2D eigenvalue weighted by Crippen LogP contribution is -2.25. The molecule has 2 N–H and O–H groups in total. The lowest BCUT2D eigenvalue weighted by Gasteiger charge is -2.11. The number of benzene rings is 1. The average Bonchev–Trinajstić information content (AvgIpc) is 3.67. The molecule has 4 aromatic heterocycles. The summed E-state index contributed by atoms with van der Waals surface area (Å²) in [7, 11) is 0. The van der Waals surface area contributed by atoms with Gasteiger partial charge in [0.2, 0.25) is 0 Å². The molecule has 0 aliphatic carbocycles. The fourth-order valence-electron chi connectivity index (χ4n) is 4.03. The molecule has 40 heavy (non-hydrogen) atoms. The minimum absolute atomic E-state index is 0.0701. The van der Waals surface area contributed by atoms with Crippen molar-refractivity contribution in [2.45, 2.75) is 40.0 Å². The van der Waals surface area contributed by atoms with E-state index >= 15 is 0 Å². The van der Waals surface area contributed by atoms with Crippen molar-refractivity contribution < 1.29 is 27.2 Å². The van der Waals surface area contributed by atoms with Gasteiger partial charge in [-0.3, -0.25) is 14.3 Å². The molecule has 2 amide bonds. The quantitative estimate of drug-likeness (QED) is 0.293. The van der Waals surface area contributed by atoms with Gasteiger partial charge in [-0.2, -0.15) is 23.4 Å². The number of hydrogen-bond donors (Lipinski definition) is 2. The van der Waals surface area contributed by atoms with Crippen LogP contribution in [0.3, 0.4) is 0 Å². The topological polar surface area (TPSA) is 119 Å². The lowest BCUT2D eigenvalue weighted by molar-refractivity contribution is -0.142. The van der Waals surface area contributed by atoms with Crippen molar-refractivity contribution in [2.75, 3.05) is 5.32 Å². The molecule has 0 saturated carbocycles. The highest BCUT2D eigenvalue weighted by atomic mass is 19.4. The average molecular weight is 552 g/mol. The SMILES string of the molecule is CCn1cc(NC(=O)c2cc3nc(-c4ccc(C)c(C)c4)cc(C(F)(F)F)n3n2)c(C(=O)NCc2ccco2)n1. The van der Waals surface area contributed by atoms with Gasteiger partial charge >= 0.3 is 6.18 Å². The molecule has 0 atom stereocenters. The molecule has 0 bridgehead atoms. The van der Waals surface area contributed by atoms with Crippen molar-refractivity contribution in [1.82, 2.24) is 29.7 Å². The van der Waals surface area contributed by atoms with Crippen molar-refractivity contribution in [3.8, 4) is 11.3 Å². The number of nitrogens with zero attached hydrogens (tertiary/aromatic N) is 5. The summed E-state index contributed by atoms with van der Waals surface area (Å²) in [6.45, 7) is 6.05. The lowest BCUT2D eigenvalue weighted by atomic mass is 10.0. The van der Waals surface area contributed by atoms with Gasteiger partial charge < -0.3 is 15.1 Å². The number of alkyl halides is 3. The summed E-state index contributed by atoms with van der Waals surface area (Å²) in [6, 6.07) is 10.7. The Hall–Kier alpha value is -4.94. The largest absolute Gasteiger partial charge is 0.467 e. The second-order valence-corrected chi connectivity index (χ2v) is 9.09. The molecule has 206 valence electrons. The fraction of sp³-hybridized carbons (Fsp3) is 0.222. The fourth-order valence-corrected chi connectivity index (χ4v) is 4.03. The summed E-state index contributed by atoms with van der Waals surface area (Å²) < 4.78 is 49.3. The number of amides is 2. The Labute approximate surface area is 225 Å². The maximum atomic E-state index is 14.0. The molecule has 10 nitrogen and oxygen atoms in total. The third-order valence-corrected chi connectivity index (χ3v) is 6.31. The number of aryl methyl sites for hydroxylation is 3. The van der Waals surface area contributed by atoms with Crippen LogP contribution in [0.5, 0.6) is 0 Å². The van der Waals surface area contributed by atoms with Crippen LogP contribution < -0.4 is 10.6 Å². The summed E-state index contributed by atoms with van der Waals surface area (Å²) >= 11 is 0. The van der Waals surface area contributed by atoms with E-state index in [0.717, 1.165) is 23.3 Å². The van der Waals surface area contributed by atoms with Crippen LogP contribution in [0, 0.1) is 13.8 Å². The number of aromatic nitrogens is 5. The molecular formula is C27H24F3N7O3. The molecule has 0 aliphatic rings. The van der Waals surface area contributed by atoms with Gasteiger partial charge in [0.25, 0.3) is 11.8 Å². The molecule has 4 heterocycles. The molecule has 0 radical (unpaired) electrons. The van der Waals surface area contributed by atoms with Gasteiger partial charge in [-0.15, -0.1) is 0 Å². The minimum Gasteiger partial charge on any atom is -0.467 e. The Morgan fingerprint density at radius 3 is 2.50 bits per heavy atom. The number of anilines is 1. The van der Waals surface area contributed by atoms with E-state index in [4.69, 9.17) is 4.42 Å². The molecule has 0 spiro atoms. The summed E-state index contributed by atoms with van der Waals surface area (Å²) in [5.74, 6) is -0.887. The molecule has 13 heteroatoms. The van der Waals surface area contributed by atoms with E-state index in [1.165, 1.54) is 17.1 Å². The van der Waals surface area contributed by atoms with Gasteiger partial charge in [0, 0.05) is 24.4 Å². The number of fused-ring (bicyclic) bond motifs is 1. The van der Waals surface area contributed by atoms with Crippen molar-refractivity contribution in [3.05, 3.63) is 88.9 Å². The van der Waals surface area contributed by atoms with Crippen LogP contribution in [0.15, 0.2) is 59.3 Å². The van der Waals surface area contributed by atoms with Crippen molar-refractivity contribution in [1.29, 1.82) is 0 Å². The van der Waals surface area contributed by atoms with Crippen LogP contribution in [0.4, 0.5) is 18.9 Å². The minimum atomic E-state index is -4.77. The number of carbonyl (C=O) groups excluding carboxylic acids is 2. The molecule has 5 aromatic rings. The normalized spacial score (nSPS) is 11.7. The number of rotatable bonds is 7. The first-order valence-corrected chi connectivity index (χ1v) is 12.3. The third kappa shape index (κ3) is 5.30. The van der Waals surface area contributed by atoms with Crippen LogP contribution >= 0.6 is 0 Å². The monoisotopic (exact) mass is 551 g/mol. The van der Waals surface area contributed by atoms with Crippen molar-refractivity contribution in [3.63, 3.8) is 0 Å². The highest BCUT2D eigenvalue weighted by molar-refractivity contribution is 6.07. The number of halogens is 3. The Balaban J connectivity index is 1.47.